The van der Waals surface area contributed by atoms with E-state index in [1.54, 1.807) is 31.2 Å². The average molecular weight is 368 g/mol. The van der Waals surface area contributed by atoms with Gasteiger partial charge in [0.25, 0.3) is 5.91 Å². The molecule has 0 bridgehead atoms. The number of hydrogen-bond acceptors (Lipinski definition) is 5. The van der Waals surface area contributed by atoms with E-state index in [2.05, 4.69) is 4.98 Å². The molecule has 1 heterocycles. The highest BCUT2D eigenvalue weighted by molar-refractivity contribution is 7.92. The summed E-state index contributed by atoms with van der Waals surface area (Å²) in [5, 5.41) is 0.0873. The van der Waals surface area contributed by atoms with Crippen LogP contribution in [0.15, 0.2) is 36.5 Å². The van der Waals surface area contributed by atoms with Crippen molar-refractivity contribution in [1.82, 2.24) is 4.98 Å². The second kappa shape index (κ2) is 6.78. The minimum absolute atomic E-state index is 0.0873. The summed E-state index contributed by atoms with van der Waals surface area (Å²) < 4.78 is 25.1. The highest BCUT2D eigenvalue weighted by atomic mass is 35.5. The van der Waals surface area contributed by atoms with Crippen LogP contribution < -0.4 is 9.21 Å². The van der Waals surface area contributed by atoms with E-state index in [4.69, 9.17) is 11.6 Å². The number of anilines is 2. The van der Waals surface area contributed by atoms with Crippen molar-refractivity contribution in [2.45, 2.75) is 6.92 Å². The summed E-state index contributed by atoms with van der Waals surface area (Å²) in [6, 6.07) is 8.12. The number of aromatic nitrogens is 1. The number of halogens is 1. The lowest BCUT2D eigenvalue weighted by Crippen LogP contribution is -2.36. The van der Waals surface area contributed by atoms with Crippen molar-refractivity contribution < 1.29 is 13.2 Å². The van der Waals surface area contributed by atoms with Crippen molar-refractivity contribution in [3.8, 4) is 0 Å². The van der Waals surface area contributed by atoms with Gasteiger partial charge in [0.2, 0.25) is 10.0 Å². The number of carbonyl (C=O) groups is 1. The molecule has 1 aromatic carbocycles. The first kappa shape index (κ1) is 18.2. The van der Waals surface area contributed by atoms with Crippen LogP contribution in [0.1, 0.15) is 16.1 Å². The van der Waals surface area contributed by atoms with Crippen molar-refractivity contribution in [2.24, 2.45) is 0 Å². The van der Waals surface area contributed by atoms with Crippen LogP contribution in [-0.4, -0.2) is 39.7 Å². The maximum absolute atomic E-state index is 12.8. The Hall–Kier alpha value is -2.12. The Balaban J connectivity index is 2.53. The number of benzene rings is 1. The summed E-state index contributed by atoms with van der Waals surface area (Å²) in [7, 11) is -0.122. The maximum Gasteiger partial charge on any atom is 0.272 e. The lowest BCUT2D eigenvalue weighted by molar-refractivity contribution is 0.101. The lowest BCUT2D eigenvalue weighted by Gasteiger charge is -2.22. The molecule has 6 nitrogen and oxygen atoms in total. The summed E-state index contributed by atoms with van der Waals surface area (Å²) in [4.78, 5) is 18.7. The molecule has 0 aliphatic carbocycles. The van der Waals surface area contributed by atoms with E-state index >= 15 is 0 Å². The lowest BCUT2D eigenvalue weighted by atomic mass is 10.2. The van der Waals surface area contributed by atoms with Gasteiger partial charge in [0.15, 0.2) is 0 Å². The standard InChI is InChI=1S/C16H18ClN3O3S/c1-11-9-15(14(17)10-18-11)20(24(4,22)23)16(21)12-5-7-13(8-6-12)19(2)3/h5-10H,1-4H3. The molecule has 24 heavy (non-hydrogen) atoms. The molecule has 0 saturated carbocycles. The maximum atomic E-state index is 12.8. The number of sulfonamides is 1. The van der Waals surface area contributed by atoms with Crippen LogP contribution in [0.25, 0.3) is 0 Å². The highest BCUT2D eigenvalue weighted by Crippen LogP contribution is 2.29. The van der Waals surface area contributed by atoms with Crippen molar-refractivity contribution >= 4 is 38.9 Å². The summed E-state index contributed by atoms with van der Waals surface area (Å²) in [6.07, 6.45) is 2.29. The van der Waals surface area contributed by atoms with Crippen LogP contribution in [-0.2, 0) is 10.0 Å². The summed E-state index contributed by atoms with van der Waals surface area (Å²) in [5.74, 6) is -0.671. The van der Waals surface area contributed by atoms with Crippen molar-refractivity contribution in [3.63, 3.8) is 0 Å². The van der Waals surface area contributed by atoms with E-state index in [1.807, 2.05) is 19.0 Å². The van der Waals surface area contributed by atoms with Crippen LogP contribution >= 0.6 is 11.6 Å². The monoisotopic (exact) mass is 367 g/mol. The van der Waals surface area contributed by atoms with Gasteiger partial charge in [0, 0.05) is 37.2 Å². The van der Waals surface area contributed by atoms with Gasteiger partial charge >= 0.3 is 0 Å². The smallest absolute Gasteiger partial charge is 0.272 e. The molecule has 0 N–H and O–H groups in total. The Morgan fingerprint density at radius 2 is 1.75 bits per heavy atom. The molecule has 0 unspecified atom stereocenters. The fourth-order valence-electron chi connectivity index (χ4n) is 2.14. The van der Waals surface area contributed by atoms with Crippen molar-refractivity contribution in [3.05, 3.63) is 52.8 Å². The first-order chi connectivity index (χ1) is 11.1. The largest absolute Gasteiger partial charge is 0.378 e. The zero-order chi connectivity index (χ0) is 18.1. The van der Waals surface area contributed by atoms with Gasteiger partial charge in [0.1, 0.15) is 0 Å². The topological polar surface area (TPSA) is 70.6 Å². The Kier molecular flexibility index (Phi) is 5.15. The molecule has 1 aromatic heterocycles. The van der Waals surface area contributed by atoms with E-state index in [0.29, 0.717) is 10.00 Å². The second-order valence-electron chi connectivity index (χ2n) is 5.55. The SMILES string of the molecule is Cc1cc(N(C(=O)c2ccc(N(C)C)cc2)S(C)(=O)=O)c(Cl)cn1. The van der Waals surface area contributed by atoms with E-state index in [0.717, 1.165) is 11.9 Å². The van der Waals surface area contributed by atoms with Gasteiger partial charge < -0.3 is 4.90 Å². The molecule has 0 atom stereocenters. The quantitative estimate of drug-likeness (QED) is 0.830. The number of nitrogens with zero attached hydrogens (tertiary/aromatic N) is 3. The molecule has 0 spiro atoms. The third kappa shape index (κ3) is 3.85. The fourth-order valence-corrected chi connectivity index (χ4v) is 3.30. The van der Waals surface area contributed by atoms with E-state index < -0.39 is 15.9 Å². The number of amides is 1. The minimum atomic E-state index is -3.87. The van der Waals surface area contributed by atoms with Crippen molar-refractivity contribution in [1.29, 1.82) is 0 Å². The summed E-state index contributed by atoms with van der Waals surface area (Å²) >= 11 is 6.07. The van der Waals surface area contributed by atoms with E-state index in [1.165, 1.54) is 12.3 Å². The normalized spacial score (nSPS) is 11.2. The molecular formula is C16H18ClN3O3S. The molecule has 0 aliphatic heterocycles. The predicted molar refractivity (Wildman–Crippen MR) is 96.4 cm³/mol. The fraction of sp³-hybridized carbons (Fsp3) is 0.250. The zero-order valence-electron chi connectivity index (χ0n) is 13.8. The van der Waals surface area contributed by atoms with E-state index in [-0.39, 0.29) is 16.3 Å². The number of carbonyl (C=O) groups excluding carboxylic acids is 1. The zero-order valence-corrected chi connectivity index (χ0v) is 15.4. The van der Waals surface area contributed by atoms with Crippen LogP contribution in [0.4, 0.5) is 11.4 Å². The number of aryl methyl sites for hydroxylation is 1. The molecule has 0 fully saturated rings. The Labute approximate surface area is 146 Å². The summed E-state index contributed by atoms with van der Waals surface area (Å²) in [5.41, 5.74) is 1.79. The first-order valence-electron chi connectivity index (χ1n) is 7.05. The van der Waals surface area contributed by atoms with Gasteiger partial charge in [-0.05, 0) is 37.3 Å². The molecular weight excluding hydrogens is 350 g/mol. The first-order valence-corrected chi connectivity index (χ1v) is 9.28. The average Bonchev–Trinajstić information content (AvgIpc) is 2.49. The van der Waals surface area contributed by atoms with Crippen LogP contribution in [0, 0.1) is 6.92 Å². The Morgan fingerprint density at radius 3 is 2.25 bits per heavy atom. The van der Waals surface area contributed by atoms with Crippen molar-refractivity contribution in [2.75, 3.05) is 29.6 Å². The molecule has 0 radical (unpaired) electrons. The molecule has 2 aromatic rings. The molecule has 0 saturated heterocycles. The molecule has 1 amide bonds. The molecule has 8 heteroatoms. The predicted octanol–water partition coefficient (Wildman–Crippen LogP) is 2.72. The van der Waals surface area contributed by atoms with Crippen LogP contribution in [0.2, 0.25) is 5.02 Å². The summed E-state index contributed by atoms with van der Waals surface area (Å²) in [6.45, 7) is 1.69. The van der Waals surface area contributed by atoms with Gasteiger partial charge in [-0.15, -0.1) is 0 Å². The number of pyridine rings is 1. The molecule has 2 rings (SSSR count). The number of hydrogen-bond donors (Lipinski definition) is 0. The van der Waals surface area contributed by atoms with Crippen LogP contribution in [0.5, 0.6) is 0 Å². The van der Waals surface area contributed by atoms with Gasteiger partial charge in [-0.3, -0.25) is 9.78 Å². The molecule has 128 valence electrons. The van der Waals surface area contributed by atoms with Gasteiger partial charge in [0.05, 0.1) is 17.0 Å². The van der Waals surface area contributed by atoms with E-state index in [9.17, 15) is 13.2 Å². The Bertz CT molecular complexity index is 865. The van der Waals surface area contributed by atoms with Crippen LogP contribution in [0.3, 0.4) is 0 Å². The number of rotatable bonds is 4. The highest BCUT2D eigenvalue weighted by Gasteiger charge is 2.28. The second-order valence-corrected chi connectivity index (χ2v) is 7.79. The van der Waals surface area contributed by atoms with Gasteiger partial charge in [-0.25, -0.2) is 12.7 Å². The minimum Gasteiger partial charge on any atom is -0.378 e. The third-order valence-corrected chi connectivity index (χ3v) is 4.65. The van der Waals surface area contributed by atoms with Gasteiger partial charge in [-0.1, -0.05) is 11.6 Å². The third-order valence-electron chi connectivity index (χ3n) is 3.34. The molecule has 0 aliphatic rings. The Morgan fingerprint density at radius 1 is 1.17 bits per heavy atom. The van der Waals surface area contributed by atoms with Gasteiger partial charge in [-0.2, -0.15) is 0 Å².